The molecule has 1 aromatic carbocycles. The second-order valence-electron chi connectivity index (χ2n) is 4.06. The fourth-order valence-electron chi connectivity index (χ4n) is 1.76. The Morgan fingerprint density at radius 1 is 1.11 bits per heavy atom. The predicted octanol–water partition coefficient (Wildman–Crippen LogP) is 3.79. The molecule has 19 heavy (non-hydrogen) atoms. The second-order valence-corrected chi connectivity index (χ2v) is 5.34. The Hall–Kier alpha value is -0.840. The van der Waals surface area contributed by atoms with Gasteiger partial charge in [0.05, 0.1) is 16.8 Å². The molecule has 100 valence electrons. The van der Waals surface area contributed by atoms with Crippen molar-refractivity contribution in [3.8, 4) is 0 Å². The number of nitrogens with zero attached hydrogens (tertiary/aromatic N) is 1. The average Bonchev–Trinajstić information content (AvgIpc) is 2.41. The molecule has 0 fully saturated rings. The Morgan fingerprint density at radius 3 is 2.47 bits per heavy atom. The molecule has 3 nitrogen and oxygen atoms in total. The standard InChI is InChI=1S/C13H12Cl3N3/c14-9-1-3-11(16)8(5-9)6-13(19-17)12-4-2-10(15)7-18-12/h1-5,7,13,19H,6,17H2. The normalized spacial score (nSPS) is 12.4. The number of hydrogen-bond acceptors (Lipinski definition) is 3. The van der Waals surface area contributed by atoms with E-state index in [-0.39, 0.29) is 6.04 Å². The van der Waals surface area contributed by atoms with E-state index in [1.165, 1.54) is 0 Å². The second kappa shape index (κ2) is 6.55. The summed E-state index contributed by atoms with van der Waals surface area (Å²) in [7, 11) is 0. The lowest BCUT2D eigenvalue weighted by molar-refractivity contribution is 0.538. The first-order valence-electron chi connectivity index (χ1n) is 5.61. The van der Waals surface area contributed by atoms with Crippen molar-refractivity contribution in [2.75, 3.05) is 0 Å². The van der Waals surface area contributed by atoms with Crippen LogP contribution in [-0.4, -0.2) is 4.98 Å². The summed E-state index contributed by atoms with van der Waals surface area (Å²) in [5.41, 5.74) is 4.43. The maximum atomic E-state index is 6.14. The van der Waals surface area contributed by atoms with E-state index < -0.39 is 0 Å². The van der Waals surface area contributed by atoms with Gasteiger partial charge in [-0.15, -0.1) is 0 Å². The lowest BCUT2D eigenvalue weighted by Crippen LogP contribution is -2.30. The molecular formula is C13H12Cl3N3. The molecular weight excluding hydrogens is 305 g/mol. The minimum Gasteiger partial charge on any atom is -0.271 e. The molecule has 3 N–H and O–H groups in total. The molecule has 1 aromatic heterocycles. The Bertz CT molecular complexity index is 558. The molecule has 2 rings (SSSR count). The van der Waals surface area contributed by atoms with Crippen molar-refractivity contribution in [2.24, 2.45) is 5.84 Å². The lowest BCUT2D eigenvalue weighted by atomic mass is 10.0. The topological polar surface area (TPSA) is 50.9 Å². The number of hydrazine groups is 1. The SMILES string of the molecule is NNC(Cc1cc(Cl)ccc1Cl)c1ccc(Cl)cn1. The zero-order chi connectivity index (χ0) is 13.8. The maximum absolute atomic E-state index is 6.14. The van der Waals surface area contributed by atoms with Gasteiger partial charge in [0.25, 0.3) is 0 Å². The Labute approximate surface area is 126 Å². The summed E-state index contributed by atoms with van der Waals surface area (Å²) in [5.74, 6) is 5.58. The zero-order valence-corrected chi connectivity index (χ0v) is 12.2. The molecule has 0 bridgehead atoms. The summed E-state index contributed by atoms with van der Waals surface area (Å²) in [6.07, 6.45) is 2.17. The van der Waals surface area contributed by atoms with E-state index in [1.807, 2.05) is 12.1 Å². The summed E-state index contributed by atoms with van der Waals surface area (Å²) in [4.78, 5) is 4.25. The predicted molar refractivity (Wildman–Crippen MR) is 79.5 cm³/mol. The fraction of sp³-hybridized carbons (Fsp3) is 0.154. The van der Waals surface area contributed by atoms with Crippen LogP contribution in [0, 0.1) is 0 Å². The van der Waals surface area contributed by atoms with Gasteiger partial charge in [-0.1, -0.05) is 34.8 Å². The van der Waals surface area contributed by atoms with Crippen molar-refractivity contribution in [1.82, 2.24) is 10.4 Å². The fourth-order valence-corrected chi connectivity index (χ4v) is 2.26. The largest absolute Gasteiger partial charge is 0.271 e. The van der Waals surface area contributed by atoms with Crippen LogP contribution in [0.4, 0.5) is 0 Å². The first-order valence-corrected chi connectivity index (χ1v) is 6.75. The third-order valence-corrected chi connectivity index (χ3v) is 3.57. The van der Waals surface area contributed by atoms with Crippen LogP contribution in [0.5, 0.6) is 0 Å². The van der Waals surface area contributed by atoms with Crippen LogP contribution in [0.25, 0.3) is 0 Å². The summed E-state index contributed by atoms with van der Waals surface area (Å²) < 4.78 is 0. The van der Waals surface area contributed by atoms with E-state index >= 15 is 0 Å². The third kappa shape index (κ3) is 3.81. The molecule has 6 heteroatoms. The summed E-state index contributed by atoms with van der Waals surface area (Å²) in [6, 6.07) is 8.78. The highest BCUT2D eigenvalue weighted by atomic mass is 35.5. The van der Waals surface area contributed by atoms with Crippen molar-refractivity contribution < 1.29 is 0 Å². The van der Waals surface area contributed by atoms with Gasteiger partial charge in [0.2, 0.25) is 0 Å². The Morgan fingerprint density at radius 2 is 1.84 bits per heavy atom. The van der Waals surface area contributed by atoms with E-state index in [9.17, 15) is 0 Å². The van der Waals surface area contributed by atoms with E-state index in [2.05, 4.69) is 10.4 Å². The molecule has 1 heterocycles. The molecule has 0 aliphatic rings. The Kier molecular flexibility index (Phi) is 5.02. The van der Waals surface area contributed by atoms with Gasteiger partial charge in [0.1, 0.15) is 0 Å². The first-order chi connectivity index (χ1) is 9.10. The highest BCUT2D eigenvalue weighted by molar-refractivity contribution is 6.33. The van der Waals surface area contributed by atoms with Crippen LogP contribution in [-0.2, 0) is 6.42 Å². The Balaban J connectivity index is 2.23. The molecule has 0 aliphatic heterocycles. The van der Waals surface area contributed by atoms with Gasteiger partial charge < -0.3 is 0 Å². The number of halogens is 3. The van der Waals surface area contributed by atoms with Gasteiger partial charge in [0, 0.05) is 16.2 Å². The van der Waals surface area contributed by atoms with Crippen LogP contribution in [0.1, 0.15) is 17.3 Å². The number of benzene rings is 1. The number of rotatable bonds is 4. The maximum Gasteiger partial charge on any atom is 0.0672 e. The van der Waals surface area contributed by atoms with Gasteiger partial charge in [-0.3, -0.25) is 16.3 Å². The van der Waals surface area contributed by atoms with Crippen LogP contribution in [0.3, 0.4) is 0 Å². The highest BCUT2D eigenvalue weighted by Gasteiger charge is 2.14. The molecule has 1 atom stereocenters. The number of nitrogens with one attached hydrogen (secondary N) is 1. The summed E-state index contributed by atoms with van der Waals surface area (Å²) in [6.45, 7) is 0. The van der Waals surface area contributed by atoms with E-state index in [0.29, 0.717) is 21.5 Å². The van der Waals surface area contributed by atoms with Gasteiger partial charge in [0.15, 0.2) is 0 Å². The van der Waals surface area contributed by atoms with Gasteiger partial charge in [-0.05, 0) is 42.3 Å². The van der Waals surface area contributed by atoms with Gasteiger partial charge in [-0.2, -0.15) is 0 Å². The van der Waals surface area contributed by atoms with Crippen molar-refractivity contribution in [3.05, 3.63) is 62.9 Å². The van der Waals surface area contributed by atoms with Gasteiger partial charge in [-0.25, -0.2) is 0 Å². The van der Waals surface area contributed by atoms with Gasteiger partial charge >= 0.3 is 0 Å². The molecule has 0 saturated heterocycles. The number of nitrogens with two attached hydrogens (primary N) is 1. The van der Waals surface area contributed by atoms with Crippen LogP contribution < -0.4 is 11.3 Å². The summed E-state index contributed by atoms with van der Waals surface area (Å²) >= 11 is 17.9. The molecule has 1 unspecified atom stereocenters. The molecule has 0 radical (unpaired) electrons. The smallest absolute Gasteiger partial charge is 0.0672 e. The molecule has 0 amide bonds. The lowest BCUT2D eigenvalue weighted by Gasteiger charge is -2.16. The molecule has 0 aliphatic carbocycles. The monoisotopic (exact) mass is 315 g/mol. The van der Waals surface area contributed by atoms with Crippen molar-refractivity contribution in [3.63, 3.8) is 0 Å². The third-order valence-electron chi connectivity index (χ3n) is 2.74. The minimum absolute atomic E-state index is 0.159. The minimum atomic E-state index is -0.159. The molecule has 0 saturated carbocycles. The highest BCUT2D eigenvalue weighted by Crippen LogP contribution is 2.25. The average molecular weight is 317 g/mol. The van der Waals surface area contributed by atoms with Crippen molar-refractivity contribution >= 4 is 34.8 Å². The number of hydrogen-bond donors (Lipinski definition) is 2. The van der Waals surface area contributed by atoms with E-state index in [1.54, 1.807) is 24.4 Å². The van der Waals surface area contributed by atoms with Crippen LogP contribution in [0.2, 0.25) is 15.1 Å². The first kappa shape index (κ1) is 14.6. The molecule has 0 spiro atoms. The zero-order valence-electron chi connectivity index (χ0n) is 9.91. The van der Waals surface area contributed by atoms with Crippen molar-refractivity contribution in [2.45, 2.75) is 12.5 Å². The van der Waals surface area contributed by atoms with Crippen LogP contribution in [0.15, 0.2) is 36.5 Å². The van der Waals surface area contributed by atoms with Crippen LogP contribution >= 0.6 is 34.8 Å². The van der Waals surface area contributed by atoms with Crippen molar-refractivity contribution in [1.29, 1.82) is 0 Å². The quantitative estimate of drug-likeness (QED) is 0.666. The van der Waals surface area contributed by atoms with E-state index in [4.69, 9.17) is 40.6 Å². The van der Waals surface area contributed by atoms with E-state index in [0.717, 1.165) is 11.3 Å². The molecule has 2 aromatic rings. The summed E-state index contributed by atoms with van der Waals surface area (Å²) in [5, 5.41) is 1.87. The number of aromatic nitrogens is 1. The number of pyridine rings is 1.